The van der Waals surface area contributed by atoms with Gasteiger partial charge in [0.05, 0.1) is 11.3 Å². The van der Waals surface area contributed by atoms with E-state index in [2.05, 4.69) is 37.2 Å². The lowest BCUT2D eigenvalue weighted by molar-refractivity contribution is -0.130. The van der Waals surface area contributed by atoms with Gasteiger partial charge in [0.1, 0.15) is 12.6 Å². The lowest BCUT2D eigenvalue weighted by Gasteiger charge is -2.19. The summed E-state index contributed by atoms with van der Waals surface area (Å²) in [4.78, 5) is 37.2. The van der Waals surface area contributed by atoms with E-state index in [4.69, 9.17) is 0 Å². The molecule has 0 aliphatic rings. The van der Waals surface area contributed by atoms with Gasteiger partial charge in [-0.15, -0.1) is 0 Å². The number of hydrogen-bond donors (Lipinski definition) is 3. The summed E-state index contributed by atoms with van der Waals surface area (Å²) in [6.07, 6.45) is 2.34. The Hall–Kier alpha value is -2.33. The second-order valence-electron chi connectivity index (χ2n) is 6.41. The molecular weight excluding hydrogens is 458 g/mol. The first-order valence-corrected chi connectivity index (χ1v) is 11.1. The molecule has 0 aliphatic heterocycles. The minimum absolute atomic E-state index is 0.0151. The van der Waals surface area contributed by atoms with Crippen molar-refractivity contribution in [1.82, 2.24) is 25.9 Å². The third-order valence-electron chi connectivity index (χ3n) is 4.07. The Labute approximate surface area is 182 Å². The average Bonchev–Trinajstić information content (AvgIpc) is 3.00. The van der Waals surface area contributed by atoms with E-state index in [1.165, 1.54) is 0 Å². The van der Waals surface area contributed by atoms with Crippen LogP contribution in [0.5, 0.6) is 0 Å². The van der Waals surface area contributed by atoms with Crippen molar-refractivity contribution in [2.75, 3.05) is 12.0 Å². The van der Waals surface area contributed by atoms with Crippen LogP contribution in [0.25, 0.3) is 0 Å². The molecule has 0 saturated heterocycles. The van der Waals surface area contributed by atoms with Gasteiger partial charge in [0.25, 0.3) is 17.7 Å². The number of carbonyl (C=O) groups excluding carboxylic acids is 3. The van der Waals surface area contributed by atoms with Crippen molar-refractivity contribution in [3.8, 4) is 0 Å². The summed E-state index contributed by atoms with van der Waals surface area (Å²) >= 11 is 4.90. The van der Waals surface area contributed by atoms with E-state index in [9.17, 15) is 14.4 Å². The fourth-order valence-corrected chi connectivity index (χ4v) is 3.55. The van der Waals surface area contributed by atoms with Gasteiger partial charge in [0.15, 0.2) is 0 Å². The van der Waals surface area contributed by atoms with Gasteiger partial charge in [-0.05, 0) is 66.4 Å². The zero-order valence-corrected chi connectivity index (χ0v) is 18.9. The maximum absolute atomic E-state index is 12.5. The molecule has 2 rings (SSSR count). The summed E-state index contributed by atoms with van der Waals surface area (Å²) in [6, 6.07) is 8.05. The molecule has 2 aromatic rings. The number of aryl methyl sites for hydroxylation is 2. The maximum atomic E-state index is 12.5. The van der Waals surface area contributed by atoms with Crippen LogP contribution in [0, 0.1) is 13.8 Å². The number of rotatable bonds is 8. The van der Waals surface area contributed by atoms with Gasteiger partial charge in [-0.3, -0.25) is 29.9 Å². The first-order valence-electron chi connectivity index (χ1n) is 8.96. The van der Waals surface area contributed by atoms with Crippen LogP contribution >= 0.6 is 27.7 Å². The molecule has 0 fully saturated rings. The number of thioether (sulfide) groups is 1. The van der Waals surface area contributed by atoms with Crippen LogP contribution in [-0.4, -0.2) is 45.6 Å². The molecular formula is C19H24BrN5O3S. The number of halogens is 1. The molecule has 0 bridgehead atoms. The SMILES string of the molecule is CSCC[C@H](NC(=O)c1ccccc1Br)C(=O)NNC(=O)Cn1nc(C)cc1C. The highest BCUT2D eigenvalue weighted by Gasteiger charge is 2.22. The third kappa shape index (κ3) is 6.90. The number of amides is 3. The number of nitrogens with zero attached hydrogens (tertiary/aromatic N) is 2. The Morgan fingerprint density at radius 3 is 2.55 bits per heavy atom. The van der Waals surface area contributed by atoms with Crippen LogP contribution in [0.3, 0.4) is 0 Å². The van der Waals surface area contributed by atoms with Gasteiger partial charge in [-0.1, -0.05) is 12.1 Å². The molecule has 156 valence electrons. The highest BCUT2D eigenvalue weighted by molar-refractivity contribution is 9.10. The summed E-state index contributed by atoms with van der Waals surface area (Å²) in [6.45, 7) is 3.67. The van der Waals surface area contributed by atoms with E-state index < -0.39 is 17.9 Å². The summed E-state index contributed by atoms with van der Waals surface area (Å²) in [5.41, 5.74) is 6.87. The van der Waals surface area contributed by atoms with Crippen LogP contribution in [0.2, 0.25) is 0 Å². The molecule has 0 aliphatic carbocycles. The summed E-state index contributed by atoms with van der Waals surface area (Å²) in [7, 11) is 0. The Morgan fingerprint density at radius 1 is 1.21 bits per heavy atom. The van der Waals surface area contributed by atoms with Gasteiger partial charge in [-0.25, -0.2) is 0 Å². The van der Waals surface area contributed by atoms with E-state index in [-0.39, 0.29) is 12.5 Å². The zero-order valence-electron chi connectivity index (χ0n) is 16.5. The van der Waals surface area contributed by atoms with E-state index in [1.54, 1.807) is 40.7 Å². The van der Waals surface area contributed by atoms with Gasteiger partial charge in [-0.2, -0.15) is 16.9 Å². The van der Waals surface area contributed by atoms with Crippen molar-refractivity contribution >= 4 is 45.4 Å². The van der Waals surface area contributed by atoms with Crippen molar-refractivity contribution in [2.45, 2.75) is 32.9 Å². The number of hydrogen-bond acceptors (Lipinski definition) is 5. The molecule has 3 amide bonds. The molecule has 3 N–H and O–H groups in total. The smallest absolute Gasteiger partial charge is 0.260 e. The van der Waals surface area contributed by atoms with Crippen LogP contribution in [0.15, 0.2) is 34.8 Å². The number of hydrazine groups is 1. The number of aromatic nitrogens is 2. The predicted octanol–water partition coefficient (Wildman–Crippen LogP) is 1.96. The first-order chi connectivity index (χ1) is 13.8. The molecule has 0 unspecified atom stereocenters. The number of nitrogens with one attached hydrogen (secondary N) is 3. The second-order valence-corrected chi connectivity index (χ2v) is 8.25. The first kappa shape index (κ1) is 23.0. The van der Waals surface area contributed by atoms with Crippen molar-refractivity contribution in [3.05, 3.63) is 51.8 Å². The molecule has 1 aromatic heterocycles. The maximum Gasteiger partial charge on any atom is 0.260 e. The molecule has 1 heterocycles. The van der Waals surface area contributed by atoms with E-state index >= 15 is 0 Å². The largest absolute Gasteiger partial charge is 0.340 e. The highest BCUT2D eigenvalue weighted by Crippen LogP contribution is 2.16. The Morgan fingerprint density at radius 2 is 1.93 bits per heavy atom. The molecule has 8 nitrogen and oxygen atoms in total. The van der Waals surface area contributed by atoms with E-state index in [0.717, 1.165) is 11.4 Å². The summed E-state index contributed by atoms with van der Waals surface area (Å²) in [5, 5.41) is 6.94. The Kier molecular flexibility index (Phi) is 8.71. The predicted molar refractivity (Wildman–Crippen MR) is 116 cm³/mol. The molecule has 1 atom stereocenters. The highest BCUT2D eigenvalue weighted by atomic mass is 79.9. The third-order valence-corrected chi connectivity index (χ3v) is 5.41. The number of benzene rings is 1. The molecule has 10 heteroatoms. The molecule has 1 aromatic carbocycles. The number of carbonyl (C=O) groups is 3. The molecule has 29 heavy (non-hydrogen) atoms. The normalized spacial score (nSPS) is 11.6. The standard InChI is InChI=1S/C19H24BrN5O3S/c1-12-10-13(2)25(24-12)11-17(26)22-23-19(28)16(8-9-29-3)21-18(27)14-6-4-5-7-15(14)20/h4-7,10,16H,8-9,11H2,1-3H3,(H,21,27)(H,22,26)(H,23,28)/t16-/m0/s1. The summed E-state index contributed by atoms with van der Waals surface area (Å²) < 4.78 is 2.19. The van der Waals surface area contributed by atoms with Crippen molar-refractivity contribution in [2.24, 2.45) is 0 Å². The molecule has 0 radical (unpaired) electrons. The fraction of sp³-hybridized carbons (Fsp3) is 0.368. The van der Waals surface area contributed by atoms with Crippen LogP contribution < -0.4 is 16.2 Å². The fourth-order valence-electron chi connectivity index (χ4n) is 2.61. The minimum atomic E-state index is -0.781. The van der Waals surface area contributed by atoms with Gasteiger partial charge in [0, 0.05) is 10.2 Å². The van der Waals surface area contributed by atoms with Crippen molar-refractivity contribution in [1.29, 1.82) is 0 Å². The van der Waals surface area contributed by atoms with Crippen molar-refractivity contribution < 1.29 is 14.4 Å². The van der Waals surface area contributed by atoms with Crippen molar-refractivity contribution in [3.63, 3.8) is 0 Å². The average molecular weight is 482 g/mol. The van der Waals surface area contributed by atoms with Crippen LogP contribution in [0.4, 0.5) is 0 Å². The van der Waals surface area contributed by atoms with Gasteiger partial charge in [0.2, 0.25) is 0 Å². The zero-order chi connectivity index (χ0) is 21.4. The summed E-state index contributed by atoms with van der Waals surface area (Å²) in [5.74, 6) is -0.590. The van der Waals surface area contributed by atoms with E-state index in [1.807, 2.05) is 26.2 Å². The topological polar surface area (TPSA) is 105 Å². The lowest BCUT2D eigenvalue weighted by Crippen LogP contribution is -2.53. The molecule has 0 saturated carbocycles. The Balaban J connectivity index is 1.95. The van der Waals surface area contributed by atoms with E-state index in [0.29, 0.717) is 22.2 Å². The van der Waals surface area contributed by atoms with Crippen LogP contribution in [-0.2, 0) is 16.1 Å². The molecule has 0 spiro atoms. The minimum Gasteiger partial charge on any atom is -0.340 e. The quantitative estimate of drug-likeness (QED) is 0.499. The van der Waals surface area contributed by atoms with Gasteiger partial charge >= 0.3 is 0 Å². The Bertz CT molecular complexity index is 886. The lowest BCUT2D eigenvalue weighted by atomic mass is 10.1. The van der Waals surface area contributed by atoms with Gasteiger partial charge < -0.3 is 5.32 Å². The van der Waals surface area contributed by atoms with Crippen LogP contribution in [0.1, 0.15) is 28.2 Å². The monoisotopic (exact) mass is 481 g/mol. The second kappa shape index (κ2) is 11.0.